The molecule has 1 rings (SSSR count). The molecule has 2 nitrogen and oxygen atoms in total. The maximum absolute atomic E-state index is 4.33. The number of rotatable bonds is 0. The van der Waals surface area contributed by atoms with Crippen molar-refractivity contribution in [1.82, 2.24) is 5.06 Å². The average Bonchev–Trinajstić information content (AvgIpc) is 1.76. The topological polar surface area (TPSA) is 26.0 Å². The fraction of sp³-hybridized carbons (Fsp3) is 0. The molecule has 0 aliphatic rings. The molecule has 24 valence electrons. The van der Waals surface area contributed by atoms with E-state index in [0.29, 0.717) is 0 Å². The van der Waals surface area contributed by atoms with Crippen LogP contribution < -0.4 is 0 Å². The standard InChI is InChI=1S/C2H2BNO/c1-2-5-4-3-1/h1-2H. The van der Waals surface area contributed by atoms with Gasteiger partial charge in [-0.05, 0) is 0 Å². The Bertz CT molecular complexity index is 66.1. The van der Waals surface area contributed by atoms with Gasteiger partial charge in [-0.15, -0.1) is 0 Å². The summed E-state index contributed by atoms with van der Waals surface area (Å²) in [6.45, 7) is 0. The molecule has 0 fully saturated rings. The predicted octanol–water partition coefficient (Wildman–Crippen LogP) is 0.0127. The molecule has 0 bridgehead atoms. The Kier molecular flexibility index (Phi) is 0.534. The van der Waals surface area contributed by atoms with E-state index in [4.69, 9.17) is 0 Å². The summed E-state index contributed by atoms with van der Waals surface area (Å²) >= 11 is 0. The number of hydrogen-bond donors (Lipinski definition) is 0. The first-order chi connectivity index (χ1) is 2.50. The summed E-state index contributed by atoms with van der Waals surface area (Å²) in [6, 6.07) is 0. The Morgan fingerprint density at radius 2 is 2.80 bits per heavy atom. The van der Waals surface area contributed by atoms with E-state index in [1.54, 1.807) is 13.0 Å². The summed E-state index contributed by atoms with van der Waals surface area (Å²) in [6.07, 6.45) is 1.51. The van der Waals surface area contributed by atoms with Crippen molar-refractivity contribution in [2.45, 2.75) is 0 Å². The first kappa shape index (κ1) is 2.63. The molecule has 0 N–H and O–H groups in total. The molecule has 1 aromatic heterocycles. The Balaban J connectivity index is 3.13. The van der Waals surface area contributed by atoms with E-state index >= 15 is 0 Å². The summed E-state index contributed by atoms with van der Waals surface area (Å²) in [5.41, 5.74) is 0. The maximum atomic E-state index is 4.33. The molecule has 1 aromatic rings. The van der Waals surface area contributed by atoms with E-state index < -0.39 is 0 Å². The van der Waals surface area contributed by atoms with E-state index in [2.05, 4.69) is 9.59 Å². The summed E-state index contributed by atoms with van der Waals surface area (Å²) in [4.78, 5) is 0. The van der Waals surface area contributed by atoms with Gasteiger partial charge < -0.3 is 0 Å². The van der Waals surface area contributed by atoms with Crippen LogP contribution in [0.3, 0.4) is 0 Å². The van der Waals surface area contributed by atoms with Crippen LogP contribution in [0.1, 0.15) is 0 Å². The molecule has 0 radical (unpaired) electrons. The molecular formula is C2H2BNO. The fourth-order valence-electron chi connectivity index (χ4n) is 0.176. The zero-order chi connectivity index (χ0) is 3.54. The van der Waals surface area contributed by atoms with Gasteiger partial charge in [0.1, 0.15) is 0 Å². The summed E-state index contributed by atoms with van der Waals surface area (Å²) in [7, 11) is 1.58. The quantitative estimate of drug-likeness (QED) is 0.427. The van der Waals surface area contributed by atoms with Crippen molar-refractivity contribution in [2.24, 2.45) is 0 Å². The van der Waals surface area contributed by atoms with Crippen LogP contribution in [0.2, 0.25) is 0 Å². The summed E-state index contributed by atoms with van der Waals surface area (Å²) < 4.78 is 4.33. The average molecular weight is 66.9 g/mol. The number of hydrogen-bond acceptors (Lipinski definition) is 2. The Morgan fingerprint density at radius 3 is 3.00 bits per heavy atom. The molecule has 0 amide bonds. The molecule has 5 heavy (non-hydrogen) atoms. The van der Waals surface area contributed by atoms with Crippen LogP contribution in [0.4, 0.5) is 0 Å². The molecule has 0 spiro atoms. The molecule has 1 heterocycles. The van der Waals surface area contributed by atoms with Gasteiger partial charge in [-0.25, -0.2) is 0 Å². The van der Waals surface area contributed by atoms with Crippen molar-refractivity contribution >= 4 is 7.05 Å². The molecule has 0 saturated heterocycles. The van der Waals surface area contributed by atoms with Crippen molar-refractivity contribution in [1.29, 1.82) is 0 Å². The summed E-state index contributed by atoms with van der Waals surface area (Å²) in [5, 5.41) is 3.35. The zero-order valence-corrected chi connectivity index (χ0v) is 2.59. The predicted molar refractivity (Wildman–Crippen MR) is 17.8 cm³/mol. The van der Waals surface area contributed by atoms with Crippen molar-refractivity contribution in [3.8, 4) is 0 Å². The third-order valence-electron chi connectivity index (χ3n) is 0.347. The molecule has 0 aromatic carbocycles. The molecule has 0 aliphatic carbocycles. The van der Waals surface area contributed by atoms with Gasteiger partial charge in [0.15, 0.2) is 0 Å². The molecular weight excluding hydrogens is 64.8 g/mol. The van der Waals surface area contributed by atoms with E-state index in [9.17, 15) is 0 Å². The van der Waals surface area contributed by atoms with Gasteiger partial charge in [-0.3, -0.25) is 0 Å². The monoisotopic (exact) mass is 67.0 g/mol. The Labute approximate surface area is 30.0 Å². The second kappa shape index (κ2) is 1.01. The second-order valence-corrected chi connectivity index (χ2v) is 0.688. The van der Waals surface area contributed by atoms with Gasteiger partial charge in [0, 0.05) is 0 Å². The van der Waals surface area contributed by atoms with Crippen LogP contribution in [0.15, 0.2) is 16.7 Å². The van der Waals surface area contributed by atoms with Crippen LogP contribution in [0.5, 0.6) is 0 Å². The van der Waals surface area contributed by atoms with Gasteiger partial charge in [0.2, 0.25) is 0 Å². The third kappa shape index (κ3) is 0.346. The van der Waals surface area contributed by atoms with Crippen molar-refractivity contribution in [3.05, 3.63) is 12.2 Å². The third-order valence-corrected chi connectivity index (χ3v) is 0.347. The Hall–Kier alpha value is -0.595. The van der Waals surface area contributed by atoms with Crippen molar-refractivity contribution in [2.75, 3.05) is 0 Å². The van der Waals surface area contributed by atoms with Gasteiger partial charge in [0.05, 0.1) is 0 Å². The minimum absolute atomic E-state index is 1.51. The van der Waals surface area contributed by atoms with Crippen LogP contribution >= 0.6 is 0 Å². The van der Waals surface area contributed by atoms with Crippen molar-refractivity contribution < 1.29 is 4.52 Å². The van der Waals surface area contributed by atoms with E-state index in [-0.39, 0.29) is 0 Å². The molecule has 0 aliphatic heterocycles. The van der Waals surface area contributed by atoms with Gasteiger partial charge >= 0.3 is 28.9 Å². The SMILES string of the molecule is b1ccon1. The van der Waals surface area contributed by atoms with Crippen LogP contribution in [0, 0.1) is 0 Å². The minimum atomic E-state index is 1.51. The number of nitrogens with zero attached hydrogens (tertiary/aromatic N) is 1. The molecule has 0 unspecified atom stereocenters. The molecule has 0 saturated carbocycles. The fourth-order valence-corrected chi connectivity index (χ4v) is 0.176. The first-order valence-electron chi connectivity index (χ1n) is 1.34. The molecule has 0 atom stereocenters. The normalized spacial score (nSPS) is 7.20. The van der Waals surface area contributed by atoms with Crippen LogP contribution in [-0.2, 0) is 0 Å². The van der Waals surface area contributed by atoms with E-state index in [0.717, 1.165) is 0 Å². The number of aromatic nitrogens is 1. The summed E-state index contributed by atoms with van der Waals surface area (Å²) in [5.74, 6) is 1.72. The van der Waals surface area contributed by atoms with Gasteiger partial charge in [0.25, 0.3) is 0 Å². The van der Waals surface area contributed by atoms with Crippen molar-refractivity contribution in [3.63, 3.8) is 0 Å². The van der Waals surface area contributed by atoms with Crippen LogP contribution in [-0.4, -0.2) is 12.1 Å². The second-order valence-electron chi connectivity index (χ2n) is 0.688. The first-order valence-corrected chi connectivity index (χ1v) is 1.34. The van der Waals surface area contributed by atoms with Gasteiger partial charge in [-0.1, -0.05) is 0 Å². The van der Waals surface area contributed by atoms with E-state index in [1.165, 1.54) is 6.26 Å². The van der Waals surface area contributed by atoms with Gasteiger partial charge in [-0.2, -0.15) is 0 Å². The zero-order valence-electron chi connectivity index (χ0n) is 2.59. The van der Waals surface area contributed by atoms with Crippen LogP contribution in [0.25, 0.3) is 0 Å². The Morgan fingerprint density at radius 1 is 1.80 bits per heavy atom. The van der Waals surface area contributed by atoms with E-state index in [1.807, 2.05) is 0 Å². The molecule has 3 heteroatoms.